The third-order valence-electron chi connectivity index (χ3n) is 4.33. The average Bonchev–Trinajstić information content (AvgIpc) is 3.03. The highest BCUT2D eigenvalue weighted by Gasteiger charge is 2.28. The molecule has 1 aromatic carbocycles. The van der Waals surface area contributed by atoms with Gasteiger partial charge in [0.15, 0.2) is 0 Å². The molecule has 1 aliphatic heterocycles. The normalized spacial score (nSPS) is 17.2. The van der Waals surface area contributed by atoms with Gasteiger partial charge in [0.05, 0.1) is 12.5 Å². The highest BCUT2D eigenvalue weighted by atomic mass is 16.1. The van der Waals surface area contributed by atoms with Crippen LogP contribution in [0.3, 0.4) is 0 Å². The van der Waals surface area contributed by atoms with Gasteiger partial charge in [0, 0.05) is 18.8 Å². The van der Waals surface area contributed by atoms with E-state index in [-0.39, 0.29) is 17.8 Å². The fraction of sp³-hybridized carbons (Fsp3) is 0.444. The number of rotatable bonds is 6. The summed E-state index contributed by atoms with van der Waals surface area (Å²) in [6, 6.07) is 7.95. The van der Waals surface area contributed by atoms with Gasteiger partial charge in [0.25, 0.3) is 0 Å². The number of aromatic nitrogens is 3. The summed E-state index contributed by atoms with van der Waals surface area (Å²) in [6.07, 6.45) is 0.848. The van der Waals surface area contributed by atoms with Gasteiger partial charge in [-0.25, -0.2) is 0 Å². The second kappa shape index (κ2) is 8.09. The van der Waals surface area contributed by atoms with Crippen LogP contribution in [-0.2, 0) is 11.3 Å². The van der Waals surface area contributed by atoms with Gasteiger partial charge in [-0.15, -0.1) is 0 Å². The standard InChI is InChI=1S/C18H25N7O/c1-3-20-16(26)13-7-8-25(10-13)11-15-22-17(19)24-18(23-15)21-14-6-4-5-12(2)9-14/h4-6,9,13H,3,7-8,10-11H2,1-2H3,(H,20,26)(H3,19,21,22,23,24). The molecule has 0 aliphatic carbocycles. The molecule has 4 N–H and O–H groups in total. The van der Waals surface area contributed by atoms with Crippen LogP contribution in [0.15, 0.2) is 24.3 Å². The van der Waals surface area contributed by atoms with Crippen LogP contribution in [0.25, 0.3) is 0 Å². The first-order chi connectivity index (χ1) is 12.5. The SMILES string of the molecule is CCNC(=O)C1CCN(Cc2nc(N)nc(Nc3cccc(C)c3)n2)C1. The summed E-state index contributed by atoms with van der Waals surface area (Å²) >= 11 is 0. The molecule has 2 aromatic rings. The average molecular weight is 355 g/mol. The lowest BCUT2D eigenvalue weighted by Gasteiger charge is -2.15. The van der Waals surface area contributed by atoms with Gasteiger partial charge in [-0.1, -0.05) is 12.1 Å². The molecule has 1 aromatic heterocycles. The molecule has 0 bridgehead atoms. The smallest absolute Gasteiger partial charge is 0.232 e. The van der Waals surface area contributed by atoms with E-state index < -0.39 is 0 Å². The number of anilines is 3. The van der Waals surface area contributed by atoms with Gasteiger partial charge < -0.3 is 16.4 Å². The van der Waals surface area contributed by atoms with Crippen LogP contribution in [-0.4, -0.2) is 45.4 Å². The van der Waals surface area contributed by atoms with Crippen molar-refractivity contribution in [3.8, 4) is 0 Å². The Morgan fingerprint density at radius 3 is 2.96 bits per heavy atom. The van der Waals surface area contributed by atoms with Crippen molar-refractivity contribution in [2.45, 2.75) is 26.8 Å². The quantitative estimate of drug-likeness (QED) is 0.720. The molecule has 1 aliphatic rings. The largest absolute Gasteiger partial charge is 0.368 e. The van der Waals surface area contributed by atoms with E-state index in [0.29, 0.717) is 31.4 Å². The number of nitrogens with two attached hydrogens (primary N) is 1. The molecule has 1 unspecified atom stereocenters. The van der Waals surface area contributed by atoms with E-state index >= 15 is 0 Å². The number of carbonyl (C=O) groups excluding carboxylic acids is 1. The van der Waals surface area contributed by atoms with Crippen molar-refractivity contribution in [3.63, 3.8) is 0 Å². The van der Waals surface area contributed by atoms with Crippen molar-refractivity contribution in [2.75, 3.05) is 30.7 Å². The summed E-state index contributed by atoms with van der Waals surface area (Å²) in [5.74, 6) is 1.36. The number of benzene rings is 1. The second-order valence-corrected chi connectivity index (χ2v) is 6.54. The Morgan fingerprint density at radius 2 is 2.19 bits per heavy atom. The predicted molar refractivity (Wildman–Crippen MR) is 101 cm³/mol. The fourth-order valence-corrected chi connectivity index (χ4v) is 3.13. The lowest BCUT2D eigenvalue weighted by Crippen LogP contribution is -2.32. The molecule has 2 heterocycles. The first kappa shape index (κ1) is 18.1. The maximum absolute atomic E-state index is 12.0. The number of hydrogen-bond acceptors (Lipinski definition) is 7. The molecule has 0 spiro atoms. The molecule has 1 fully saturated rings. The molecule has 8 heteroatoms. The molecule has 138 valence electrons. The summed E-state index contributed by atoms with van der Waals surface area (Å²) in [5.41, 5.74) is 7.89. The number of nitrogens with zero attached hydrogens (tertiary/aromatic N) is 4. The lowest BCUT2D eigenvalue weighted by molar-refractivity contribution is -0.124. The van der Waals surface area contributed by atoms with E-state index in [1.807, 2.05) is 38.1 Å². The molecule has 1 amide bonds. The van der Waals surface area contributed by atoms with Crippen molar-refractivity contribution >= 4 is 23.5 Å². The zero-order chi connectivity index (χ0) is 18.5. The highest BCUT2D eigenvalue weighted by molar-refractivity contribution is 5.79. The molecular formula is C18H25N7O. The minimum Gasteiger partial charge on any atom is -0.368 e. The minimum absolute atomic E-state index is 0.0269. The van der Waals surface area contributed by atoms with Crippen molar-refractivity contribution in [1.29, 1.82) is 0 Å². The van der Waals surface area contributed by atoms with Crippen molar-refractivity contribution in [1.82, 2.24) is 25.2 Å². The van der Waals surface area contributed by atoms with Crippen LogP contribution < -0.4 is 16.4 Å². The predicted octanol–water partition coefficient (Wildman–Crippen LogP) is 1.46. The Balaban J connectivity index is 1.66. The zero-order valence-corrected chi connectivity index (χ0v) is 15.2. The van der Waals surface area contributed by atoms with Gasteiger partial charge >= 0.3 is 0 Å². The highest BCUT2D eigenvalue weighted by Crippen LogP contribution is 2.19. The van der Waals surface area contributed by atoms with Gasteiger partial charge in [0.2, 0.25) is 17.8 Å². The maximum Gasteiger partial charge on any atom is 0.232 e. The van der Waals surface area contributed by atoms with Crippen LogP contribution >= 0.6 is 0 Å². The summed E-state index contributed by atoms with van der Waals surface area (Å²) < 4.78 is 0. The van der Waals surface area contributed by atoms with Crippen molar-refractivity contribution in [2.24, 2.45) is 5.92 Å². The Hall–Kier alpha value is -2.74. The van der Waals surface area contributed by atoms with E-state index in [4.69, 9.17) is 5.73 Å². The van der Waals surface area contributed by atoms with Crippen molar-refractivity contribution in [3.05, 3.63) is 35.7 Å². The number of nitrogens with one attached hydrogen (secondary N) is 2. The van der Waals surface area contributed by atoms with Gasteiger partial charge in [-0.2, -0.15) is 15.0 Å². The number of aryl methyl sites for hydroxylation is 1. The Morgan fingerprint density at radius 1 is 1.35 bits per heavy atom. The molecular weight excluding hydrogens is 330 g/mol. The number of likely N-dealkylation sites (tertiary alicyclic amines) is 1. The molecule has 1 atom stereocenters. The number of amides is 1. The minimum atomic E-state index is 0.0269. The summed E-state index contributed by atoms with van der Waals surface area (Å²) in [4.78, 5) is 27.0. The maximum atomic E-state index is 12.0. The number of carbonyl (C=O) groups is 1. The molecule has 0 saturated carbocycles. The summed E-state index contributed by atoms with van der Waals surface area (Å²) in [7, 11) is 0. The lowest BCUT2D eigenvalue weighted by atomic mass is 10.1. The Bertz CT molecular complexity index is 780. The third kappa shape index (κ3) is 4.66. The summed E-state index contributed by atoms with van der Waals surface area (Å²) in [5, 5.41) is 6.05. The molecule has 0 radical (unpaired) electrons. The third-order valence-corrected chi connectivity index (χ3v) is 4.33. The van der Waals surface area contributed by atoms with E-state index in [1.54, 1.807) is 0 Å². The molecule has 3 rings (SSSR count). The molecule has 26 heavy (non-hydrogen) atoms. The van der Waals surface area contributed by atoms with E-state index in [0.717, 1.165) is 24.2 Å². The van der Waals surface area contributed by atoms with E-state index in [9.17, 15) is 4.79 Å². The van der Waals surface area contributed by atoms with Gasteiger partial charge in [-0.3, -0.25) is 9.69 Å². The van der Waals surface area contributed by atoms with E-state index in [2.05, 4.69) is 30.5 Å². The number of nitrogen functional groups attached to an aromatic ring is 1. The molecule has 1 saturated heterocycles. The second-order valence-electron chi connectivity index (χ2n) is 6.54. The number of hydrogen-bond donors (Lipinski definition) is 3. The van der Waals surface area contributed by atoms with Crippen molar-refractivity contribution < 1.29 is 4.79 Å². The van der Waals surface area contributed by atoms with Gasteiger partial charge in [0.1, 0.15) is 5.82 Å². The topological polar surface area (TPSA) is 109 Å². The first-order valence-corrected chi connectivity index (χ1v) is 8.87. The van der Waals surface area contributed by atoms with Crippen LogP contribution in [0, 0.1) is 12.8 Å². The first-order valence-electron chi connectivity index (χ1n) is 8.87. The summed E-state index contributed by atoms with van der Waals surface area (Å²) in [6.45, 7) is 6.71. The Labute approximate surface area is 153 Å². The van der Waals surface area contributed by atoms with Crippen LogP contribution in [0.1, 0.15) is 24.7 Å². The fourth-order valence-electron chi connectivity index (χ4n) is 3.13. The zero-order valence-electron chi connectivity index (χ0n) is 15.2. The van der Waals surface area contributed by atoms with E-state index in [1.165, 1.54) is 0 Å². The van der Waals surface area contributed by atoms with Crippen LogP contribution in [0.4, 0.5) is 17.6 Å². The molecule has 8 nitrogen and oxygen atoms in total. The van der Waals surface area contributed by atoms with Crippen LogP contribution in [0.5, 0.6) is 0 Å². The van der Waals surface area contributed by atoms with Gasteiger partial charge in [-0.05, 0) is 44.5 Å². The Kier molecular flexibility index (Phi) is 5.62. The van der Waals surface area contributed by atoms with Crippen LogP contribution in [0.2, 0.25) is 0 Å². The monoisotopic (exact) mass is 355 g/mol.